The van der Waals surface area contributed by atoms with Gasteiger partial charge in [-0.05, 0) is 34.7 Å². The molecule has 138 valence electrons. The Kier molecular flexibility index (Phi) is 4.54. The molecule has 6 heteroatoms. The first-order chi connectivity index (χ1) is 13.1. The molecule has 0 saturated carbocycles. The van der Waals surface area contributed by atoms with Crippen LogP contribution >= 0.6 is 11.6 Å². The summed E-state index contributed by atoms with van der Waals surface area (Å²) in [6.07, 6.45) is -0.999. The van der Waals surface area contributed by atoms with Crippen LogP contribution in [0.3, 0.4) is 0 Å². The van der Waals surface area contributed by atoms with E-state index in [2.05, 4.69) is 0 Å². The van der Waals surface area contributed by atoms with Crippen LogP contribution in [-0.4, -0.2) is 23.6 Å². The van der Waals surface area contributed by atoms with Gasteiger partial charge in [0.25, 0.3) is 0 Å². The van der Waals surface area contributed by atoms with E-state index in [1.807, 2.05) is 48.5 Å². The molecule has 1 aliphatic heterocycles. The van der Waals surface area contributed by atoms with Crippen molar-refractivity contribution in [3.8, 4) is 5.75 Å². The van der Waals surface area contributed by atoms with Crippen LogP contribution in [0.25, 0.3) is 10.8 Å². The SMILES string of the molecule is Nc1ccc2c(OCc3ccccc3)cc3c(c2c1)C(CCl)CN3C(=O)O. The summed E-state index contributed by atoms with van der Waals surface area (Å²) in [4.78, 5) is 13.1. The molecule has 1 aliphatic rings. The molecule has 0 radical (unpaired) electrons. The van der Waals surface area contributed by atoms with Crippen LogP contribution in [0.4, 0.5) is 16.2 Å². The monoisotopic (exact) mass is 382 g/mol. The molecule has 1 amide bonds. The maximum atomic E-state index is 11.7. The van der Waals surface area contributed by atoms with Gasteiger partial charge in [0.05, 0.1) is 5.69 Å². The number of alkyl halides is 1. The molecule has 0 aliphatic carbocycles. The van der Waals surface area contributed by atoms with E-state index in [1.54, 1.807) is 6.07 Å². The van der Waals surface area contributed by atoms with Gasteiger partial charge in [-0.15, -0.1) is 11.6 Å². The van der Waals surface area contributed by atoms with Gasteiger partial charge in [0.2, 0.25) is 0 Å². The van der Waals surface area contributed by atoms with Gasteiger partial charge >= 0.3 is 6.09 Å². The Morgan fingerprint density at radius 3 is 2.67 bits per heavy atom. The zero-order chi connectivity index (χ0) is 19.0. The van der Waals surface area contributed by atoms with Crippen LogP contribution in [0.5, 0.6) is 5.75 Å². The van der Waals surface area contributed by atoms with Crippen molar-refractivity contribution >= 4 is 39.8 Å². The van der Waals surface area contributed by atoms with Gasteiger partial charge in [0.15, 0.2) is 0 Å². The number of anilines is 2. The maximum Gasteiger partial charge on any atom is 0.411 e. The molecule has 1 heterocycles. The number of fused-ring (bicyclic) bond motifs is 3. The molecule has 4 rings (SSSR count). The third-order valence-electron chi connectivity index (χ3n) is 4.90. The summed E-state index contributed by atoms with van der Waals surface area (Å²) in [7, 11) is 0. The minimum Gasteiger partial charge on any atom is -0.488 e. The van der Waals surface area contributed by atoms with Crippen molar-refractivity contribution in [2.75, 3.05) is 23.1 Å². The van der Waals surface area contributed by atoms with Crippen molar-refractivity contribution in [2.24, 2.45) is 0 Å². The Balaban J connectivity index is 1.85. The summed E-state index contributed by atoms with van der Waals surface area (Å²) >= 11 is 6.14. The molecule has 0 spiro atoms. The number of hydrogen-bond donors (Lipinski definition) is 2. The molecule has 1 atom stereocenters. The number of ether oxygens (including phenoxy) is 1. The van der Waals surface area contributed by atoms with E-state index in [0.717, 1.165) is 21.9 Å². The zero-order valence-electron chi connectivity index (χ0n) is 14.6. The summed E-state index contributed by atoms with van der Waals surface area (Å²) in [6.45, 7) is 0.727. The lowest BCUT2D eigenvalue weighted by Gasteiger charge is -2.17. The number of carbonyl (C=O) groups is 1. The van der Waals surface area contributed by atoms with Crippen LogP contribution in [-0.2, 0) is 6.61 Å². The van der Waals surface area contributed by atoms with Crippen LogP contribution < -0.4 is 15.4 Å². The Labute approximate surface area is 161 Å². The number of nitrogen functional groups attached to an aromatic ring is 1. The molecule has 0 aromatic heterocycles. The number of nitrogens with two attached hydrogens (primary N) is 1. The summed E-state index contributed by atoms with van der Waals surface area (Å²) in [6, 6.07) is 17.2. The molecule has 27 heavy (non-hydrogen) atoms. The number of rotatable bonds is 4. The Bertz CT molecular complexity index is 1010. The van der Waals surface area contributed by atoms with Gasteiger partial charge < -0.3 is 15.6 Å². The highest BCUT2D eigenvalue weighted by Gasteiger charge is 2.34. The fourth-order valence-electron chi connectivity index (χ4n) is 3.64. The molecule has 3 aromatic rings. The third kappa shape index (κ3) is 3.15. The normalized spacial score (nSPS) is 15.7. The number of nitrogens with zero attached hydrogens (tertiary/aromatic N) is 1. The number of hydrogen-bond acceptors (Lipinski definition) is 3. The molecular weight excluding hydrogens is 364 g/mol. The van der Waals surface area contributed by atoms with E-state index >= 15 is 0 Å². The molecular formula is C21H19ClN2O3. The van der Waals surface area contributed by atoms with Crippen LogP contribution in [0.1, 0.15) is 17.0 Å². The fourth-order valence-corrected chi connectivity index (χ4v) is 3.89. The summed E-state index contributed by atoms with van der Waals surface area (Å²) < 4.78 is 6.07. The van der Waals surface area contributed by atoms with E-state index in [0.29, 0.717) is 36.2 Å². The van der Waals surface area contributed by atoms with Gasteiger partial charge in [-0.25, -0.2) is 4.79 Å². The minimum absolute atomic E-state index is 0.0785. The lowest BCUT2D eigenvalue weighted by molar-refractivity contribution is 0.202. The Morgan fingerprint density at radius 1 is 1.19 bits per heavy atom. The number of carboxylic acid groups (broad SMARTS) is 1. The molecule has 3 N–H and O–H groups in total. The summed E-state index contributed by atoms with van der Waals surface area (Å²) in [5, 5.41) is 11.4. The predicted molar refractivity (Wildman–Crippen MR) is 108 cm³/mol. The molecule has 3 aromatic carbocycles. The van der Waals surface area contributed by atoms with Gasteiger partial charge in [-0.2, -0.15) is 0 Å². The topological polar surface area (TPSA) is 75.8 Å². The summed E-state index contributed by atoms with van der Waals surface area (Å²) in [5.74, 6) is 0.893. The lowest BCUT2D eigenvalue weighted by atomic mass is 9.95. The second-order valence-corrected chi connectivity index (χ2v) is 6.94. The van der Waals surface area contributed by atoms with Gasteiger partial charge in [0, 0.05) is 35.5 Å². The highest BCUT2D eigenvalue weighted by atomic mass is 35.5. The maximum absolute atomic E-state index is 11.7. The van der Waals surface area contributed by atoms with Crippen molar-refractivity contribution in [1.82, 2.24) is 0 Å². The first kappa shape index (κ1) is 17.5. The van der Waals surface area contributed by atoms with Crippen molar-refractivity contribution < 1.29 is 14.6 Å². The van der Waals surface area contributed by atoms with E-state index < -0.39 is 6.09 Å². The van der Waals surface area contributed by atoms with Gasteiger partial charge in [-0.3, -0.25) is 4.90 Å². The minimum atomic E-state index is -0.999. The van der Waals surface area contributed by atoms with E-state index in [-0.39, 0.29) is 5.92 Å². The molecule has 5 nitrogen and oxygen atoms in total. The summed E-state index contributed by atoms with van der Waals surface area (Å²) in [5.41, 5.74) is 9.20. The lowest BCUT2D eigenvalue weighted by Crippen LogP contribution is -2.28. The second kappa shape index (κ2) is 7.00. The van der Waals surface area contributed by atoms with E-state index in [9.17, 15) is 9.90 Å². The van der Waals surface area contributed by atoms with Crippen molar-refractivity contribution in [3.63, 3.8) is 0 Å². The number of amides is 1. The van der Waals surface area contributed by atoms with Gasteiger partial charge in [-0.1, -0.05) is 30.3 Å². The first-order valence-electron chi connectivity index (χ1n) is 8.67. The first-order valence-corrected chi connectivity index (χ1v) is 9.21. The third-order valence-corrected chi connectivity index (χ3v) is 5.27. The van der Waals surface area contributed by atoms with E-state index in [1.165, 1.54) is 4.90 Å². The van der Waals surface area contributed by atoms with Crippen LogP contribution in [0.15, 0.2) is 54.6 Å². The molecule has 0 saturated heterocycles. The molecule has 1 unspecified atom stereocenters. The predicted octanol–water partition coefficient (Wildman–Crippen LogP) is 4.82. The quantitative estimate of drug-likeness (QED) is 0.501. The Morgan fingerprint density at radius 2 is 1.96 bits per heavy atom. The average molecular weight is 383 g/mol. The zero-order valence-corrected chi connectivity index (χ0v) is 15.3. The molecule has 0 fully saturated rings. The number of benzene rings is 3. The van der Waals surface area contributed by atoms with Gasteiger partial charge in [0.1, 0.15) is 12.4 Å². The highest BCUT2D eigenvalue weighted by Crippen LogP contribution is 2.46. The van der Waals surface area contributed by atoms with Crippen molar-refractivity contribution in [2.45, 2.75) is 12.5 Å². The van der Waals surface area contributed by atoms with Crippen molar-refractivity contribution in [1.29, 1.82) is 0 Å². The van der Waals surface area contributed by atoms with Crippen LogP contribution in [0.2, 0.25) is 0 Å². The van der Waals surface area contributed by atoms with E-state index in [4.69, 9.17) is 22.1 Å². The standard InChI is InChI=1S/C21H19ClN2O3/c22-10-14-11-24(21(25)26)18-9-19(27-12-13-4-2-1-3-5-13)16-7-6-15(23)8-17(16)20(14)18/h1-9,14H,10-12,23H2,(H,25,26). The van der Waals surface area contributed by atoms with Crippen LogP contribution in [0, 0.1) is 0 Å². The second-order valence-electron chi connectivity index (χ2n) is 6.63. The highest BCUT2D eigenvalue weighted by molar-refractivity contribution is 6.19. The molecule has 0 bridgehead atoms. The largest absolute Gasteiger partial charge is 0.488 e. The smallest absolute Gasteiger partial charge is 0.411 e. The number of halogens is 1. The average Bonchev–Trinajstić information content (AvgIpc) is 3.06. The fraction of sp³-hybridized carbons (Fsp3) is 0.190. The Hall–Kier alpha value is -2.92. The van der Waals surface area contributed by atoms with Crippen molar-refractivity contribution in [3.05, 3.63) is 65.7 Å².